The van der Waals surface area contributed by atoms with Crippen LogP contribution in [0.15, 0.2) is 24.5 Å². The van der Waals surface area contributed by atoms with Gasteiger partial charge in [-0.2, -0.15) is 0 Å². The number of likely N-dealkylation sites (tertiary alicyclic amines) is 1. The molecule has 0 aromatic carbocycles. The van der Waals surface area contributed by atoms with Crippen LogP contribution in [0.4, 0.5) is 5.13 Å². The Morgan fingerprint density at radius 2 is 1.90 bits per heavy atom. The fourth-order valence-corrected chi connectivity index (χ4v) is 4.20. The van der Waals surface area contributed by atoms with E-state index in [9.17, 15) is 9.59 Å². The highest BCUT2D eigenvalue weighted by Crippen LogP contribution is 2.34. The maximum atomic E-state index is 13.0. The minimum absolute atomic E-state index is 0.163. The van der Waals surface area contributed by atoms with Crippen molar-refractivity contribution in [3.63, 3.8) is 0 Å². The molecule has 1 aliphatic rings. The number of rotatable bonds is 5. The molecule has 0 atom stereocenters. The predicted octanol–water partition coefficient (Wildman–Crippen LogP) is 3.45. The van der Waals surface area contributed by atoms with Crippen LogP contribution in [0.5, 0.6) is 5.75 Å². The molecule has 1 N–H and O–H groups in total. The fourth-order valence-electron chi connectivity index (χ4n) is 3.33. The maximum Gasteiger partial charge on any atom is 0.284 e. The van der Waals surface area contributed by atoms with Crippen LogP contribution in [0.1, 0.15) is 38.7 Å². The summed E-state index contributed by atoms with van der Waals surface area (Å²) in [5, 5.41) is 11.4. The fraction of sp³-hybridized carbons (Fsp3) is 0.300. The van der Waals surface area contributed by atoms with Crippen molar-refractivity contribution in [2.75, 3.05) is 25.5 Å². The van der Waals surface area contributed by atoms with E-state index >= 15 is 0 Å². The molecule has 4 rings (SSSR count). The van der Waals surface area contributed by atoms with Crippen molar-refractivity contribution in [2.45, 2.75) is 19.8 Å². The van der Waals surface area contributed by atoms with Crippen LogP contribution in [0, 0.1) is 6.92 Å². The first-order valence-corrected chi connectivity index (χ1v) is 10.8. The SMILES string of the molecule is COc1cnc(Cl)cc1-c1cc(C)ncc1C(=O)Nc1nnc(C(=O)N2CCCC2)s1. The van der Waals surface area contributed by atoms with Gasteiger partial charge in [0.15, 0.2) is 0 Å². The Labute approximate surface area is 187 Å². The van der Waals surface area contributed by atoms with Gasteiger partial charge in [-0.1, -0.05) is 22.9 Å². The van der Waals surface area contributed by atoms with Crippen LogP contribution < -0.4 is 10.1 Å². The van der Waals surface area contributed by atoms with Crippen molar-refractivity contribution in [2.24, 2.45) is 0 Å². The van der Waals surface area contributed by atoms with Gasteiger partial charge in [-0.3, -0.25) is 19.9 Å². The highest BCUT2D eigenvalue weighted by Gasteiger charge is 2.24. The third kappa shape index (κ3) is 4.49. The second-order valence-electron chi connectivity index (χ2n) is 6.94. The average molecular weight is 459 g/mol. The number of hydrogen-bond donors (Lipinski definition) is 1. The number of anilines is 1. The number of nitrogens with zero attached hydrogens (tertiary/aromatic N) is 5. The zero-order valence-electron chi connectivity index (χ0n) is 16.9. The van der Waals surface area contributed by atoms with Crippen LogP contribution in [-0.4, -0.2) is 57.1 Å². The number of aryl methyl sites for hydroxylation is 1. The van der Waals surface area contributed by atoms with Crippen LogP contribution in [0.3, 0.4) is 0 Å². The lowest BCUT2D eigenvalue weighted by Gasteiger charge is -2.13. The van der Waals surface area contributed by atoms with Gasteiger partial charge in [-0.05, 0) is 31.9 Å². The van der Waals surface area contributed by atoms with Crippen molar-refractivity contribution < 1.29 is 14.3 Å². The summed E-state index contributed by atoms with van der Waals surface area (Å²) >= 11 is 7.12. The van der Waals surface area contributed by atoms with Gasteiger partial charge in [0.25, 0.3) is 11.8 Å². The number of halogens is 1. The third-order valence-electron chi connectivity index (χ3n) is 4.85. The molecule has 3 aromatic heterocycles. The van der Waals surface area contributed by atoms with Crippen LogP contribution >= 0.6 is 22.9 Å². The summed E-state index contributed by atoms with van der Waals surface area (Å²) in [7, 11) is 1.52. The van der Waals surface area contributed by atoms with E-state index in [0.29, 0.717) is 22.4 Å². The van der Waals surface area contributed by atoms with E-state index < -0.39 is 5.91 Å². The number of ether oxygens (including phenoxy) is 1. The van der Waals surface area contributed by atoms with Gasteiger partial charge in [0, 0.05) is 36.1 Å². The molecule has 1 aliphatic heterocycles. The molecule has 0 radical (unpaired) electrons. The Morgan fingerprint density at radius 1 is 1.13 bits per heavy atom. The molecule has 3 aromatic rings. The summed E-state index contributed by atoms with van der Waals surface area (Å²) < 4.78 is 5.39. The monoisotopic (exact) mass is 458 g/mol. The van der Waals surface area contributed by atoms with Gasteiger partial charge in [-0.15, -0.1) is 10.2 Å². The highest BCUT2D eigenvalue weighted by molar-refractivity contribution is 7.17. The molecule has 0 aliphatic carbocycles. The summed E-state index contributed by atoms with van der Waals surface area (Å²) in [6.45, 7) is 3.26. The minimum Gasteiger partial charge on any atom is -0.494 e. The van der Waals surface area contributed by atoms with Crippen LogP contribution in [0.2, 0.25) is 5.15 Å². The molecule has 31 heavy (non-hydrogen) atoms. The summed E-state index contributed by atoms with van der Waals surface area (Å²) in [5.74, 6) is -0.128. The molecular weight excluding hydrogens is 440 g/mol. The molecule has 2 amide bonds. The summed E-state index contributed by atoms with van der Waals surface area (Å²) in [6, 6.07) is 3.40. The van der Waals surface area contributed by atoms with Crippen molar-refractivity contribution in [1.82, 2.24) is 25.1 Å². The Kier molecular flexibility index (Phi) is 6.10. The first-order valence-electron chi connectivity index (χ1n) is 9.57. The molecule has 9 nitrogen and oxygen atoms in total. The normalized spacial score (nSPS) is 13.3. The van der Waals surface area contributed by atoms with E-state index in [1.807, 2.05) is 6.92 Å². The molecule has 4 heterocycles. The van der Waals surface area contributed by atoms with E-state index in [-0.39, 0.29) is 21.2 Å². The highest BCUT2D eigenvalue weighted by atomic mass is 35.5. The summed E-state index contributed by atoms with van der Waals surface area (Å²) in [6.07, 6.45) is 4.95. The van der Waals surface area contributed by atoms with E-state index in [1.54, 1.807) is 17.0 Å². The third-order valence-corrected chi connectivity index (χ3v) is 5.88. The topological polar surface area (TPSA) is 110 Å². The Morgan fingerprint density at radius 3 is 2.65 bits per heavy atom. The summed E-state index contributed by atoms with van der Waals surface area (Å²) in [4.78, 5) is 35.5. The van der Waals surface area contributed by atoms with Crippen LogP contribution in [0.25, 0.3) is 11.1 Å². The van der Waals surface area contributed by atoms with Gasteiger partial charge in [-0.25, -0.2) is 4.98 Å². The van der Waals surface area contributed by atoms with Crippen molar-refractivity contribution in [3.8, 4) is 16.9 Å². The van der Waals surface area contributed by atoms with Crippen LogP contribution in [-0.2, 0) is 0 Å². The quantitative estimate of drug-likeness (QED) is 0.583. The zero-order chi connectivity index (χ0) is 22.0. The number of aromatic nitrogens is 4. The second-order valence-corrected chi connectivity index (χ2v) is 8.31. The Bertz CT molecular complexity index is 1150. The average Bonchev–Trinajstić information content (AvgIpc) is 3.45. The number of nitrogens with one attached hydrogen (secondary N) is 1. The van der Waals surface area contributed by atoms with E-state index in [0.717, 1.165) is 43.0 Å². The molecule has 1 saturated heterocycles. The second kappa shape index (κ2) is 8.94. The maximum absolute atomic E-state index is 13.0. The first-order chi connectivity index (χ1) is 15.0. The minimum atomic E-state index is -0.436. The number of carbonyl (C=O) groups is 2. The van der Waals surface area contributed by atoms with Gasteiger partial charge < -0.3 is 9.64 Å². The standard InChI is InChI=1S/C20H19ClN6O3S/c1-11-7-12(13-8-16(21)23-10-15(13)30-2)14(9-22-11)17(28)24-20-26-25-18(31-20)19(29)27-5-3-4-6-27/h7-10H,3-6H2,1-2H3,(H,24,26,28). The number of methoxy groups -OCH3 is 1. The van der Waals surface area contributed by atoms with Gasteiger partial charge in [0.1, 0.15) is 10.9 Å². The van der Waals surface area contributed by atoms with Crippen molar-refractivity contribution in [3.05, 3.63) is 45.9 Å². The lowest BCUT2D eigenvalue weighted by molar-refractivity contribution is 0.0791. The largest absolute Gasteiger partial charge is 0.494 e. The van der Waals surface area contributed by atoms with Gasteiger partial charge >= 0.3 is 0 Å². The zero-order valence-corrected chi connectivity index (χ0v) is 18.5. The van der Waals surface area contributed by atoms with Crippen molar-refractivity contribution in [1.29, 1.82) is 0 Å². The number of amides is 2. The lowest BCUT2D eigenvalue weighted by Crippen LogP contribution is -2.27. The molecule has 0 spiro atoms. The molecule has 0 saturated carbocycles. The lowest BCUT2D eigenvalue weighted by atomic mass is 10.0. The van der Waals surface area contributed by atoms with Gasteiger partial charge in [0.2, 0.25) is 10.1 Å². The number of carbonyl (C=O) groups excluding carboxylic acids is 2. The molecule has 1 fully saturated rings. The Balaban J connectivity index is 1.62. The first kappa shape index (κ1) is 21.1. The van der Waals surface area contributed by atoms with E-state index in [1.165, 1.54) is 19.5 Å². The summed E-state index contributed by atoms with van der Waals surface area (Å²) in [5.41, 5.74) is 2.22. The molecule has 160 valence electrons. The van der Waals surface area contributed by atoms with E-state index in [4.69, 9.17) is 16.3 Å². The number of hydrogen-bond acceptors (Lipinski definition) is 8. The number of pyridine rings is 2. The molecule has 11 heteroatoms. The Hall–Kier alpha value is -3.11. The molecule has 0 unspecified atom stereocenters. The van der Waals surface area contributed by atoms with Crippen molar-refractivity contribution >= 4 is 39.9 Å². The smallest absolute Gasteiger partial charge is 0.284 e. The molecular formula is C20H19ClN6O3S. The van der Waals surface area contributed by atoms with Gasteiger partial charge in [0.05, 0.1) is 18.9 Å². The predicted molar refractivity (Wildman–Crippen MR) is 117 cm³/mol. The molecule has 0 bridgehead atoms. The van der Waals surface area contributed by atoms with E-state index in [2.05, 4.69) is 25.5 Å².